The second-order valence-corrected chi connectivity index (χ2v) is 5.37. The Labute approximate surface area is 110 Å². The summed E-state index contributed by atoms with van der Waals surface area (Å²) in [5.41, 5.74) is 2.14. The second kappa shape index (κ2) is 5.29. The van der Waals surface area contributed by atoms with E-state index in [1.807, 2.05) is 49.4 Å². The lowest BCUT2D eigenvalue weighted by Gasteiger charge is -1.96. The van der Waals surface area contributed by atoms with Gasteiger partial charge in [-0.05, 0) is 24.1 Å². The van der Waals surface area contributed by atoms with Gasteiger partial charge in [0, 0.05) is 0 Å². The van der Waals surface area contributed by atoms with E-state index in [4.69, 9.17) is 12.2 Å². The topological polar surface area (TPSA) is 29.1 Å². The Hall–Kier alpha value is -1.39. The van der Waals surface area contributed by atoms with Crippen LogP contribution in [0.2, 0.25) is 0 Å². The van der Waals surface area contributed by atoms with Gasteiger partial charge in [-0.1, -0.05) is 60.4 Å². The van der Waals surface area contributed by atoms with E-state index in [1.165, 1.54) is 11.8 Å². The van der Waals surface area contributed by atoms with Gasteiger partial charge in [0.15, 0.2) is 0 Å². The van der Waals surface area contributed by atoms with Gasteiger partial charge in [0.05, 0.1) is 4.91 Å². The Kier molecular flexibility index (Phi) is 3.76. The summed E-state index contributed by atoms with van der Waals surface area (Å²) >= 11 is 6.23. The standard InChI is InChI=1S/C13H11NOS2/c1-9(7-10-5-3-2-4-6-10)8-11-12(15)14-13(16)17-11/h2-8H,1H3,(H,14,15,16)/b9-7-,11-8+. The van der Waals surface area contributed by atoms with Crippen LogP contribution in [0, 0.1) is 0 Å². The number of allylic oxidation sites excluding steroid dienone is 2. The van der Waals surface area contributed by atoms with Crippen molar-refractivity contribution in [3.63, 3.8) is 0 Å². The van der Waals surface area contributed by atoms with Crippen LogP contribution in [0.1, 0.15) is 12.5 Å². The molecule has 4 heteroatoms. The third kappa shape index (κ3) is 3.28. The average molecular weight is 261 g/mol. The van der Waals surface area contributed by atoms with Gasteiger partial charge in [-0.3, -0.25) is 4.79 Å². The van der Waals surface area contributed by atoms with Gasteiger partial charge in [-0.15, -0.1) is 0 Å². The first-order chi connectivity index (χ1) is 8.15. The maximum atomic E-state index is 11.5. The van der Waals surface area contributed by atoms with Crippen LogP contribution in [-0.2, 0) is 4.79 Å². The molecule has 1 fully saturated rings. The van der Waals surface area contributed by atoms with E-state index in [0.717, 1.165) is 11.1 Å². The lowest BCUT2D eigenvalue weighted by atomic mass is 10.1. The molecule has 17 heavy (non-hydrogen) atoms. The Morgan fingerprint density at radius 1 is 1.35 bits per heavy atom. The summed E-state index contributed by atoms with van der Waals surface area (Å²) in [6.07, 6.45) is 3.88. The van der Waals surface area contributed by atoms with Gasteiger partial charge in [0.1, 0.15) is 4.32 Å². The summed E-state index contributed by atoms with van der Waals surface area (Å²) in [6.45, 7) is 1.97. The molecule has 1 aliphatic rings. The van der Waals surface area contributed by atoms with E-state index < -0.39 is 0 Å². The lowest BCUT2D eigenvalue weighted by molar-refractivity contribution is -0.115. The molecule has 1 aromatic carbocycles. The number of rotatable bonds is 2. The van der Waals surface area contributed by atoms with Crippen LogP contribution in [0.3, 0.4) is 0 Å². The van der Waals surface area contributed by atoms with Crippen LogP contribution in [0.25, 0.3) is 6.08 Å². The molecule has 0 aromatic heterocycles. The highest BCUT2D eigenvalue weighted by atomic mass is 32.2. The van der Waals surface area contributed by atoms with Crippen LogP contribution >= 0.6 is 24.0 Å². The smallest absolute Gasteiger partial charge is 0.263 e. The predicted molar refractivity (Wildman–Crippen MR) is 76.5 cm³/mol. The molecule has 0 saturated carbocycles. The number of benzene rings is 1. The van der Waals surface area contributed by atoms with E-state index in [1.54, 1.807) is 0 Å². The van der Waals surface area contributed by atoms with Crippen molar-refractivity contribution in [1.29, 1.82) is 0 Å². The molecule has 0 atom stereocenters. The van der Waals surface area contributed by atoms with Crippen molar-refractivity contribution in [1.82, 2.24) is 5.32 Å². The zero-order chi connectivity index (χ0) is 12.3. The van der Waals surface area contributed by atoms with Gasteiger partial charge in [0.2, 0.25) is 0 Å². The van der Waals surface area contributed by atoms with Crippen molar-refractivity contribution in [3.05, 3.63) is 52.4 Å². The summed E-state index contributed by atoms with van der Waals surface area (Å²) in [4.78, 5) is 12.1. The molecule has 0 aliphatic carbocycles. The molecule has 86 valence electrons. The maximum Gasteiger partial charge on any atom is 0.263 e. The minimum absolute atomic E-state index is 0.110. The molecule has 1 saturated heterocycles. The predicted octanol–water partition coefficient (Wildman–Crippen LogP) is 3.12. The van der Waals surface area contributed by atoms with Crippen LogP contribution in [-0.4, -0.2) is 10.2 Å². The zero-order valence-electron chi connectivity index (χ0n) is 9.27. The third-order valence-electron chi connectivity index (χ3n) is 2.19. The first kappa shape index (κ1) is 12.1. The normalized spacial score (nSPS) is 18.6. The molecule has 0 spiro atoms. The summed E-state index contributed by atoms with van der Waals surface area (Å²) in [5.74, 6) is -0.110. The van der Waals surface area contributed by atoms with E-state index in [-0.39, 0.29) is 5.91 Å². The van der Waals surface area contributed by atoms with Crippen molar-refractivity contribution < 1.29 is 4.79 Å². The van der Waals surface area contributed by atoms with Crippen LogP contribution < -0.4 is 5.32 Å². The highest BCUT2D eigenvalue weighted by Gasteiger charge is 2.21. The minimum Gasteiger partial charge on any atom is -0.307 e. The first-order valence-corrected chi connectivity index (χ1v) is 6.36. The molecule has 1 heterocycles. The second-order valence-electron chi connectivity index (χ2n) is 3.65. The number of carbonyl (C=O) groups is 1. The van der Waals surface area contributed by atoms with Gasteiger partial charge in [0.25, 0.3) is 5.91 Å². The van der Waals surface area contributed by atoms with Crippen molar-refractivity contribution in [2.24, 2.45) is 0 Å². The lowest BCUT2D eigenvalue weighted by Crippen LogP contribution is -2.17. The number of hydrogen-bond acceptors (Lipinski definition) is 3. The average Bonchev–Trinajstić information content (AvgIpc) is 2.58. The van der Waals surface area contributed by atoms with Gasteiger partial charge >= 0.3 is 0 Å². The molecule has 2 rings (SSSR count). The largest absolute Gasteiger partial charge is 0.307 e. The maximum absolute atomic E-state index is 11.5. The third-order valence-corrected chi connectivity index (χ3v) is 3.36. The van der Waals surface area contributed by atoms with E-state index in [0.29, 0.717) is 9.23 Å². The van der Waals surface area contributed by atoms with Crippen molar-refractivity contribution in [2.75, 3.05) is 0 Å². The number of nitrogens with one attached hydrogen (secondary N) is 1. The number of carbonyl (C=O) groups excluding carboxylic acids is 1. The fraction of sp³-hybridized carbons (Fsp3) is 0.0769. The van der Waals surface area contributed by atoms with Gasteiger partial charge < -0.3 is 5.32 Å². The molecule has 1 amide bonds. The number of hydrogen-bond donors (Lipinski definition) is 1. The van der Waals surface area contributed by atoms with E-state index in [9.17, 15) is 4.79 Å². The van der Waals surface area contributed by atoms with E-state index >= 15 is 0 Å². The fourth-order valence-corrected chi connectivity index (χ4v) is 2.58. The Morgan fingerprint density at radius 3 is 2.65 bits per heavy atom. The zero-order valence-corrected chi connectivity index (χ0v) is 10.9. The quantitative estimate of drug-likeness (QED) is 0.655. The fourth-order valence-electron chi connectivity index (χ4n) is 1.48. The molecule has 0 radical (unpaired) electrons. The number of thiocarbonyl (C=S) groups is 1. The first-order valence-electron chi connectivity index (χ1n) is 5.13. The molecular formula is C13H11NOS2. The van der Waals surface area contributed by atoms with Crippen molar-refractivity contribution in [3.8, 4) is 0 Å². The number of thioether (sulfide) groups is 1. The molecule has 1 N–H and O–H groups in total. The molecule has 1 aromatic rings. The summed E-state index contributed by atoms with van der Waals surface area (Å²) in [5, 5.41) is 2.60. The molecule has 0 unspecified atom stereocenters. The van der Waals surface area contributed by atoms with Crippen molar-refractivity contribution >= 4 is 40.3 Å². The number of amides is 1. The monoisotopic (exact) mass is 261 g/mol. The van der Waals surface area contributed by atoms with Crippen molar-refractivity contribution in [2.45, 2.75) is 6.92 Å². The highest BCUT2D eigenvalue weighted by molar-refractivity contribution is 8.26. The summed E-state index contributed by atoms with van der Waals surface area (Å²) in [6, 6.07) is 9.99. The molecule has 1 aliphatic heterocycles. The van der Waals surface area contributed by atoms with Gasteiger partial charge in [-0.25, -0.2) is 0 Å². The van der Waals surface area contributed by atoms with Crippen LogP contribution in [0.5, 0.6) is 0 Å². The minimum atomic E-state index is -0.110. The van der Waals surface area contributed by atoms with E-state index in [2.05, 4.69) is 5.32 Å². The highest BCUT2D eigenvalue weighted by Crippen LogP contribution is 2.25. The van der Waals surface area contributed by atoms with Gasteiger partial charge in [-0.2, -0.15) is 0 Å². The Balaban J connectivity index is 2.19. The van der Waals surface area contributed by atoms with Crippen LogP contribution in [0.4, 0.5) is 0 Å². The summed E-state index contributed by atoms with van der Waals surface area (Å²) < 4.78 is 0.522. The Bertz CT molecular complexity index is 517. The molecular weight excluding hydrogens is 250 g/mol. The molecule has 2 nitrogen and oxygen atoms in total. The summed E-state index contributed by atoms with van der Waals surface area (Å²) in [7, 11) is 0. The Morgan fingerprint density at radius 2 is 2.06 bits per heavy atom. The molecule has 0 bridgehead atoms. The van der Waals surface area contributed by atoms with Crippen LogP contribution in [0.15, 0.2) is 46.9 Å². The SMILES string of the molecule is CC(=C/c1ccccc1)/C=C1/SC(=S)NC1=O.